The summed E-state index contributed by atoms with van der Waals surface area (Å²) in [6.45, 7) is 4.54. The molecule has 1 aromatic rings. The Bertz CT molecular complexity index is 808. The van der Waals surface area contributed by atoms with Gasteiger partial charge in [-0.1, -0.05) is 19.8 Å². The molecule has 4 rings (SSSR count). The van der Waals surface area contributed by atoms with E-state index in [0.717, 1.165) is 31.5 Å². The van der Waals surface area contributed by atoms with E-state index in [1.54, 1.807) is 0 Å². The third kappa shape index (κ3) is 3.73. The number of aromatic nitrogens is 1. The number of anilines is 1. The second-order valence-corrected chi connectivity index (χ2v) is 8.43. The summed E-state index contributed by atoms with van der Waals surface area (Å²) in [6.07, 6.45) is 0.0657. The topological polar surface area (TPSA) is 68.8 Å². The minimum Gasteiger partial charge on any atom is -0.354 e. The summed E-state index contributed by atoms with van der Waals surface area (Å²) in [5, 5.41) is 2.96. The molecule has 1 aliphatic carbocycles. The Morgan fingerprint density at radius 2 is 1.90 bits per heavy atom. The van der Waals surface area contributed by atoms with Gasteiger partial charge in [-0.15, -0.1) is 0 Å². The summed E-state index contributed by atoms with van der Waals surface area (Å²) in [7, 11) is 0. The number of piperazine rings is 1. The third-order valence-electron chi connectivity index (χ3n) is 6.61. The van der Waals surface area contributed by atoms with Crippen LogP contribution in [0.2, 0.25) is 0 Å². The number of halogens is 3. The molecule has 1 N–H and O–H groups in total. The number of imide groups is 1. The quantitative estimate of drug-likeness (QED) is 0.755. The van der Waals surface area contributed by atoms with Crippen LogP contribution in [0, 0.1) is 5.92 Å². The minimum absolute atomic E-state index is 0.121. The molecule has 7 nitrogen and oxygen atoms in total. The minimum atomic E-state index is -4.40. The van der Waals surface area contributed by atoms with Crippen molar-refractivity contribution >= 4 is 17.8 Å². The van der Waals surface area contributed by atoms with Gasteiger partial charge in [-0.25, -0.2) is 14.7 Å². The second kappa shape index (κ2) is 7.72. The van der Waals surface area contributed by atoms with Gasteiger partial charge >= 0.3 is 12.2 Å². The molecule has 164 valence electrons. The molecular weight excluding hydrogens is 399 g/mol. The van der Waals surface area contributed by atoms with Crippen LogP contribution in [-0.2, 0) is 11.0 Å². The normalized spacial score (nSPS) is 28.3. The van der Waals surface area contributed by atoms with E-state index in [-0.39, 0.29) is 24.5 Å². The lowest BCUT2D eigenvalue weighted by Gasteiger charge is -2.38. The number of nitrogens with zero attached hydrogens (tertiary/aromatic N) is 4. The molecule has 2 atom stereocenters. The summed E-state index contributed by atoms with van der Waals surface area (Å²) in [5.41, 5.74) is -1.53. The Balaban J connectivity index is 1.35. The highest BCUT2D eigenvalue weighted by atomic mass is 19.4. The fourth-order valence-electron chi connectivity index (χ4n) is 4.68. The maximum absolute atomic E-state index is 13.1. The van der Waals surface area contributed by atoms with Crippen molar-refractivity contribution in [2.75, 3.05) is 37.7 Å². The number of nitrogens with one attached hydrogen (secondary N) is 1. The van der Waals surface area contributed by atoms with Crippen LogP contribution >= 0.6 is 0 Å². The molecule has 2 saturated heterocycles. The Kier molecular flexibility index (Phi) is 5.37. The van der Waals surface area contributed by atoms with Crippen LogP contribution in [0.1, 0.15) is 38.2 Å². The van der Waals surface area contributed by atoms with Crippen molar-refractivity contribution in [3.63, 3.8) is 0 Å². The molecule has 0 unspecified atom stereocenters. The number of rotatable bonds is 3. The second-order valence-electron chi connectivity index (χ2n) is 8.43. The zero-order chi connectivity index (χ0) is 21.5. The molecule has 1 aromatic heterocycles. The maximum Gasteiger partial charge on any atom is 0.417 e. The molecule has 3 fully saturated rings. The van der Waals surface area contributed by atoms with E-state index in [2.05, 4.69) is 10.3 Å². The smallest absolute Gasteiger partial charge is 0.354 e. The van der Waals surface area contributed by atoms with Crippen LogP contribution < -0.4 is 10.2 Å². The molecule has 0 radical (unpaired) electrons. The van der Waals surface area contributed by atoms with Crippen LogP contribution in [0.15, 0.2) is 18.3 Å². The number of hydrogen-bond acceptors (Lipinski definition) is 5. The monoisotopic (exact) mass is 425 g/mol. The van der Waals surface area contributed by atoms with Gasteiger partial charge in [0.05, 0.1) is 12.2 Å². The van der Waals surface area contributed by atoms with Crippen molar-refractivity contribution in [1.82, 2.24) is 20.1 Å². The Labute approximate surface area is 173 Å². The largest absolute Gasteiger partial charge is 0.417 e. The van der Waals surface area contributed by atoms with Crippen molar-refractivity contribution in [2.45, 2.75) is 44.3 Å². The third-order valence-corrected chi connectivity index (χ3v) is 6.61. The van der Waals surface area contributed by atoms with Gasteiger partial charge in [0, 0.05) is 32.4 Å². The number of amides is 3. The van der Waals surface area contributed by atoms with Gasteiger partial charge in [-0.3, -0.25) is 9.69 Å². The molecule has 0 aromatic carbocycles. The highest BCUT2D eigenvalue weighted by Crippen LogP contribution is 2.38. The summed E-state index contributed by atoms with van der Waals surface area (Å²) in [6, 6.07) is 2.08. The Morgan fingerprint density at radius 3 is 2.50 bits per heavy atom. The molecule has 10 heteroatoms. The van der Waals surface area contributed by atoms with Gasteiger partial charge in [0.25, 0.3) is 5.91 Å². The number of urea groups is 1. The van der Waals surface area contributed by atoms with E-state index < -0.39 is 17.3 Å². The van der Waals surface area contributed by atoms with Crippen LogP contribution in [-0.4, -0.2) is 65.1 Å². The lowest BCUT2D eigenvalue weighted by molar-refractivity contribution is -0.138. The SMILES string of the molecule is C[C@H]1CCCC[C@]12NC(=O)N(CN1CCN(c3ccc(C(F)(F)F)cn3)CC1)C2=O. The summed E-state index contributed by atoms with van der Waals surface area (Å²) in [5.74, 6) is 0.481. The molecule has 3 aliphatic rings. The van der Waals surface area contributed by atoms with Crippen LogP contribution in [0.3, 0.4) is 0 Å². The number of hydrogen-bond donors (Lipinski definition) is 1. The molecule has 3 heterocycles. The van der Waals surface area contributed by atoms with E-state index in [0.29, 0.717) is 38.4 Å². The number of carbonyl (C=O) groups is 2. The fraction of sp³-hybridized carbons (Fsp3) is 0.650. The first-order valence-corrected chi connectivity index (χ1v) is 10.4. The van der Waals surface area contributed by atoms with E-state index in [9.17, 15) is 22.8 Å². The van der Waals surface area contributed by atoms with E-state index in [1.807, 2.05) is 16.7 Å². The number of alkyl halides is 3. The lowest BCUT2D eigenvalue weighted by atomic mass is 9.73. The van der Waals surface area contributed by atoms with Crippen molar-refractivity contribution in [1.29, 1.82) is 0 Å². The summed E-state index contributed by atoms with van der Waals surface area (Å²) in [4.78, 5) is 34.8. The average molecular weight is 425 g/mol. The van der Waals surface area contributed by atoms with Crippen molar-refractivity contribution in [3.8, 4) is 0 Å². The number of carbonyl (C=O) groups excluding carboxylic acids is 2. The van der Waals surface area contributed by atoms with E-state index in [4.69, 9.17) is 0 Å². The first-order valence-electron chi connectivity index (χ1n) is 10.4. The van der Waals surface area contributed by atoms with E-state index >= 15 is 0 Å². The summed E-state index contributed by atoms with van der Waals surface area (Å²) >= 11 is 0. The summed E-state index contributed by atoms with van der Waals surface area (Å²) < 4.78 is 38.1. The Hall–Kier alpha value is -2.36. The molecule has 1 saturated carbocycles. The lowest BCUT2D eigenvalue weighted by Crippen LogP contribution is -2.55. The molecule has 0 bridgehead atoms. The first-order chi connectivity index (χ1) is 14.2. The van der Waals surface area contributed by atoms with Gasteiger partial charge in [-0.2, -0.15) is 13.2 Å². The molecule has 3 amide bonds. The van der Waals surface area contributed by atoms with Crippen LogP contribution in [0.4, 0.5) is 23.8 Å². The van der Waals surface area contributed by atoms with E-state index in [1.165, 1.54) is 11.0 Å². The highest BCUT2D eigenvalue weighted by Gasteiger charge is 2.55. The number of pyridine rings is 1. The predicted octanol–water partition coefficient (Wildman–Crippen LogP) is 2.68. The molecule has 2 aliphatic heterocycles. The zero-order valence-electron chi connectivity index (χ0n) is 16.9. The molecule has 30 heavy (non-hydrogen) atoms. The van der Waals surface area contributed by atoms with Gasteiger partial charge in [-0.05, 0) is 30.9 Å². The van der Waals surface area contributed by atoms with Gasteiger partial charge in [0.2, 0.25) is 0 Å². The van der Waals surface area contributed by atoms with Crippen molar-refractivity contribution in [2.24, 2.45) is 5.92 Å². The maximum atomic E-state index is 13.1. The molecule has 1 spiro atoms. The predicted molar refractivity (Wildman–Crippen MR) is 104 cm³/mol. The van der Waals surface area contributed by atoms with Gasteiger partial charge in [0.1, 0.15) is 11.4 Å². The highest BCUT2D eigenvalue weighted by molar-refractivity contribution is 6.07. The zero-order valence-corrected chi connectivity index (χ0v) is 16.9. The van der Waals surface area contributed by atoms with Gasteiger partial charge in [0.15, 0.2) is 0 Å². The van der Waals surface area contributed by atoms with Crippen LogP contribution in [0.25, 0.3) is 0 Å². The van der Waals surface area contributed by atoms with Crippen molar-refractivity contribution < 1.29 is 22.8 Å². The Morgan fingerprint density at radius 1 is 1.17 bits per heavy atom. The average Bonchev–Trinajstić information content (AvgIpc) is 2.95. The van der Waals surface area contributed by atoms with Crippen LogP contribution in [0.5, 0.6) is 0 Å². The fourth-order valence-corrected chi connectivity index (χ4v) is 4.68. The first kappa shape index (κ1) is 20.9. The van der Waals surface area contributed by atoms with Crippen molar-refractivity contribution in [3.05, 3.63) is 23.9 Å². The molecular formula is C20H26F3N5O2. The standard InChI is InChI=1S/C20H26F3N5O2/c1-14-4-2-3-7-19(14)17(29)28(18(30)25-19)13-26-8-10-27(11-9-26)16-6-5-15(12-24-16)20(21,22)23/h5-6,12,14H,2-4,7-11,13H2,1H3,(H,25,30)/t14-,19-/m0/s1. The van der Waals surface area contributed by atoms with Gasteiger partial charge < -0.3 is 10.2 Å².